The summed E-state index contributed by atoms with van der Waals surface area (Å²) in [6.45, 7) is 6.36. The van der Waals surface area contributed by atoms with Gasteiger partial charge in [-0.3, -0.25) is 16.2 Å². The summed E-state index contributed by atoms with van der Waals surface area (Å²) in [6, 6.07) is 0.459. The van der Waals surface area contributed by atoms with Crippen molar-refractivity contribution >= 4 is 0 Å². The first-order valence-electron chi connectivity index (χ1n) is 9.05. The van der Waals surface area contributed by atoms with E-state index in [1.165, 1.54) is 51.4 Å². The number of rotatable bonds is 4. The van der Waals surface area contributed by atoms with Crippen molar-refractivity contribution in [3.8, 4) is 0 Å². The predicted octanol–water partition coefficient (Wildman–Crippen LogP) is 2.29. The second kappa shape index (κ2) is 6.95. The molecule has 0 aromatic rings. The number of hydrogen-bond donors (Lipinski definition) is 2. The molecule has 0 spiro atoms. The monoisotopic (exact) mass is 295 g/mol. The van der Waals surface area contributed by atoms with Crippen LogP contribution in [0.2, 0.25) is 0 Å². The van der Waals surface area contributed by atoms with E-state index in [0.29, 0.717) is 11.6 Å². The Hall–Kier alpha value is -0.160. The van der Waals surface area contributed by atoms with Crippen LogP contribution in [0, 0.1) is 11.8 Å². The molecule has 4 nitrogen and oxygen atoms in total. The molecule has 1 saturated heterocycles. The van der Waals surface area contributed by atoms with Crippen molar-refractivity contribution in [3.63, 3.8) is 0 Å². The molecule has 1 heterocycles. The lowest BCUT2D eigenvalue weighted by atomic mass is 9.71. The Bertz CT molecular complexity index is 324. The van der Waals surface area contributed by atoms with Crippen LogP contribution in [0.4, 0.5) is 0 Å². The van der Waals surface area contributed by atoms with Crippen LogP contribution in [0.15, 0.2) is 0 Å². The Balaban J connectivity index is 1.79. The summed E-state index contributed by atoms with van der Waals surface area (Å²) in [7, 11) is 0. The van der Waals surface area contributed by atoms with Gasteiger partial charge in [0, 0.05) is 24.7 Å². The molecular formula is C17H33N3O. The molecule has 3 fully saturated rings. The Kier molecular flexibility index (Phi) is 5.20. The van der Waals surface area contributed by atoms with Crippen molar-refractivity contribution in [1.29, 1.82) is 0 Å². The van der Waals surface area contributed by atoms with Gasteiger partial charge in [0.15, 0.2) is 0 Å². The van der Waals surface area contributed by atoms with Crippen molar-refractivity contribution in [3.05, 3.63) is 0 Å². The number of hydrazine groups is 1. The normalized spacial score (nSPS) is 35.7. The molecule has 1 aliphatic heterocycles. The highest BCUT2D eigenvalue weighted by Gasteiger charge is 2.49. The van der Waals surface area contributed by atoms with E-state index >= 15 is 0 Å². The topological polar surface area (TPSA) is 50.5 Å². The highest BCUT2D eigenvalue weighted by Crippen LogP contribution is 2.44. The molecule has 4 heteroatoms. The lowest BCUT2D eigenvalue weighted by Crippen LogP contribution is -2.66. The van der Waals surface area contributed by atoms with Gasteiger partial charge in [0.25, 0.3) is 0 Å². The van der Waals surface area contributed by atoms with Crippen molar-refractivity contribution in [2.75, 3.05) is 26.3 Å². The Labute approximate surface area is 129 Å². The van der Waals surface area contributed by atoms with Crippen LogP contribution in [-0.4, -0.2) is 42.8 Å². The molecule has 21 heavy (non-hydrogen) atoms. The first kappa shape index (κ1) is 15.7. The average Bonchev–Trinajstić information content (AvgIpc) is 3.00. The lowest BCUT2D eigenvalue weighted by molar-refractivity contribution is -0.0490. The summed E-state index contributed by atoms with van der Waals surface area (Å²) in [4.78, 5) is 2.72. The molecule has 3 unspecified atom stereocenters. The minimum atomic E-state index is 0.292. The van der Waals surface area contributed by atoms with E-state index in [1.54, 1.807) is 0 Å². The van der Waals surface area contributed by atoms with Crippen molar-refractivity contribution in [2.24, 2.45) is 17.7 Å². The fourth-order valence-electron chi connectivity index (χ4n) is 5.33. The molecule has 2 aliphatic carbocycles. The highest BCUT2D eigenvalue weighted by atomic mass is 16.5. The zero-order chi connectivity index (χ0) is 14.7. The van der Waals surface area contributed by atoms with E-state index < -0.39 is 0 Å². The first-order chi connectivity index (χ1) is 10.3. The molecule has 122 valence electrons. The van der Waals surface area contributed by atoms with Gasteiger partial charge in [-0.2, -0.15) is 0 Å². The van der Waals surface area contributed by atoms with E-state index in [0.717, 1.165) is 38.1 Å². The quantitative estimate of drug-likeness (QED) is 0.617. The van der Waals surface area contributed by atoms with Crippen molar-refractivity contribution < 1.29 is 4.74 Å². The molecule has 3 atom stereocenters. The molecule has 0 aromatic carbocycles. The van der Waals surface area contributed by atoms with E-state index in [2.05, 4.69) is 17.2 Å². The zero-order valence-electron chi connectivity index (χ0n) is 13.7. The van der Waals surface area contributed by atoms with Gasteiger partial charge in [0.05, 0.1) is 13.2 Å². The lowest BCUT2D eigenvalue weighted by Gasteiger charge is -2.51. The van der Waals surface area contributed by atoms with E-state index in [4.69, 9.17) is 10.6 Å². The van der Waals surface area contributed by atoms with Crippen LogP contribution >= 0.6 is 0 Å². The van der Waals surface area contributed by atoms with E-state index in [1.807, 2.05) is 0 Å². The number of hydrogen-bond acceptors (Lipinski definition) is 4. The zero-order valence-corrected chi connectivity index (χ0v) is 13.7. The standard InChI is InChI=1S/C17H33N3O/c1-14-5-4-6-15(13-14)16(19-18)17(7-2-3-8-17)20-9-11-21-12-10-20/h14-16,19H,2-13,18H2,1H3. The Morgan fingerprint density at radius 3 is 2.48 bits per heavy atom. The molecule has 0 aromatic heterocycles. The van der Waals surface area contributed by atoms with Crippen molar-refractivity contribution in [2.45, 2.75) is 69.9 Å². The summed E-state index contributed by atoms with van der Waals surface area (Å²) in [6.07, 6.45) is 10.8. The van der Waals surface area contributed by atoms with Crippen molar-refractivity contribution in [1.82, 2.24) is 10.3 Å². The van der Waals surface area contributed by atoms with Gasteiger partial charge < -0.3 is 4.74 Å². The fourth-order valence-corrected chi connectivity index (χ4v) is 5.33. The average molecular weight is 295 g/mol. The molecule has 0 radical (unpaired) electrons. The van der Waals surface area contributed by atoms with Crippen LogP contribution in [0.25, 0.3) is 0 Å². The number of nitrogens with two attached hydrogens (primary N) is 1. The van der Waals surface area contributed by atoms with Crippen LogP contribution in [0.3, 0.4) is 0 Å². The minimum absolute atomic E-state index is 0.292. The second-order valence-corrected chi connectivity index (χ2v) is 7.59. The van der Waals surface area contributed by atoms with Gasteiger partial charge in [-0.05, 0) is 37.5 Å². The maximum atomic E-state index is 6.11. The first-order valence-corrected chi connectivity index (χ1v) is 9.05. The summed E-state index contributed by atoms with van der Waals surface area (Å²) in [5, 5.41) is 0. The third-order valence-corrected chi connectivity index (χ3v) is 6.32. The molecule has 3 aliphatic rings. The predicted molar refractivity (Wildman–Crippen MR) is 85.8 cm³/mol. The van der Waals surface area contributed by atoms with E-state index in [9.17, 15) is 0 Å². The van der Waals surface area contributed by atoms with Crippen LogP contribution < -0.4 is 11.3 Å². The minimum Gasteiger partial charge on any atom is -0.379 e. The van der Waals surface area contributed by atoms with Gasteiger partial charge in [-0.25, -0.2) is 0 Å². The number of ether oxygens (including phenoxy) is 1. The van der Waals surface area contributed by atoms with Crippen LogP contribution in [-0.2, 0) is 4.74 Å². The molecule has 3 N–H and O–H groups in total. The Morgan fingerprint density at radius 1 is 1.14 bits per heavy atom. The summed E-state index contributed by atoms with van der Waals surface area (Å²) < 4.78 is 5.59. The highest BCUT2D eigenvalue weighted by molar-refractivity contribution is 5.06. The van der Waals surface area contributed by atoms with Crippen LogP contribution in [0.1, 0.15) is 58.3 Å². The van der Waals surface area contributed by atoms with Gasteiger partial charge >= 0.3 is 0 Å². The Morgan fingerprint density at radius 2 is 1.86 bits per heavy atom. The van der Waals surface area contributed by atoms with E-state index in [-0.39, 0.29) is 0 Å². The van der Waals surface area contributed by atoms with Gasteiger partial charge in [0.1, 0.15) is 0 Å². The molecule has 0 bridgehead atoms. The summed E-state index contributed by atoms with van der Waals surface area (Å²) >= 11 is 0. The molecule has 0 amide bonds. The molecular weight excluding hydrogens is 262 g/mol. The van der Waals surface area contributed by atoms with Crippen LogP contribution in [0.5, 0.6) is 0 Å². The third-order valence-electron chi connectivity index (χ3n) is 6.32. The molecule has 3 rings (SSSR count). The number of morpholine rings is 1. The largest absolute Gasteiger partial charge is 0.379 e. The SMILES string of the molecule is CC1CCCC(C(NN)C2(N3CCOCC3)CCCC2)C1. The number of nitrogens with zero attached hydrogens (tertiary/aromatic N) is 1. The third kappa shape index (κ3) is 3.14. The van der Waals surface area contributed by atoms with Gasteiger partial charge in [0.2, 0.25) is 0 Å². The van der Waals surface area contributed by atoms with Gasteiger partial charge in [-0.1, -0.05) is 32.6 Å². The second-order valence-electron chi connectivity index (χ2n) is 7.59. The smallest absolute Gasteiger partial charge is 0.0594 e. The maximum Gasteiger partial charge on any atom is 0.0594 e. The molecule has 2 saturated carbocycles. The fraction of sp³-hybridized carbons (Fsp3) is 1.00. The van der Waals surface area contributed by atoms with Gasteiger partial charge in [-0.15, -0.1) is 0 Å². The maximum absolute atomic E-state index is 6.11. The summed E-state index contributed by atoms with van der Waals surface area (Å²) in [5.74, 6) is 7.73. The number of nitrogens with one attached hydrogen (secondary N) is 1. The summed E-state index contributed by atoms with van der Waals surface area (Å²) in [5.41, 5.74) is 3.58.